The fourth-order valence-electron chi connectivity index (χ4n) is 1.99. The Morgan fingerprint density at radius 3 is 2.78 bits per heavy atom. The fraction of sp³-hybridized carbons (Fsp3) is 0.0714. The van der Waals surface area contributed by atoms with Crippen LogP contribution in [0.5, 0.6) is 0 Å². The lowest BCUT2D eigenvalue weighted by molar-refractivity contribution is 0.630. The summed E-state index contributed by atoms with van der Waals surface area (Å²) in [6.07, 6.45) is 0. The molecule has 1 heterocycles. The van der Waals surface area contributed by atoms with E-state index in [-0.39, 0.29) is 5.82 Å². The lowest BCUT2D eigenvalue weighted by atomic mass is 10.2. The minimum absolute atomic E-state index is 0.301. The standard InChI is InChI=1S/C14H10ClFN2/c1-8-6-10(15)13-12(7-8)17-14(18-13)9-4-2-3-5-11(9)16/h2-7H,1H3,(H,17,18). The number of imidazole rings is 1. The van der Waals surface area contributed by atoms with Gasteiger partial charge in [0.2, 0.25) is 0 Å². The second-order valence-corrected chi connectivity index (χ2v) is 4.62. The number of rotatable bonds is 1. The van der Waals surface area contributed by atoms with E-state index < -0.39 is 0 Å². The van der Waals surface area contributed by atoms with Crippen molar-refractivity contribution < 1.29 is 4.39 Å². The number of halogens is 2. The van der Waals surface area contributed by atoms with Gasteiger partial charge in [0, 0.05) is 0 Å². The molecule has 2 nitrogen and oxygen atoms in total. The van der Waals surface area contributed by atoms with Crippen LogP contribution < -0.4 is 0 Å². The summed E-state index contributed by atoms with van der Waals surface area (Å²) < 4.78 is 13.7. The van der Waals surface area contributed by atoms with Gasteiger partial charge in [0.15, 0.2) is 0 Å². The summed E-state index contributed by atoms with van der Waals surface area (Å²) in [6.45, 7) is 1.95. The highest BCUT2D eigenvalue weighted by Gasteiger charge is 2.11. The van der Waals surface area contributed by atoms with Crippen LogP contribution in [0, 0.1) is 12.7 Å². The molecule has 0 saturated carbocycles. The van der Waals surface area contributed by atoms with E-state index in [9.17, 15) is 4.39 Å². The molecule has 0 bridgehead atoms. The lowest BCUT2D eigenvalue weighted by Crippen LogP contribution is -1.84. The van der Waals surface area contributed by atoms with Gasteiger partial charge in [-0.2, -0.15) is 0 Å². The number of aryl methyl sites for hydroxylation is 1. The van der Waals surface area contributed by atoms with Gasteiger partial charge in [0.05, 0.1) is 16.1 Å². The number of benzene rings is 2. The molecule has 0 saturated heterocycles. The topological polar surface area (TPSA) is 28.7 Å². The van der Waals surface area contributed by atoms with Gasteiger partial charge in [-0.15, -0.1) is 0 Å². The molecule has 18 heavy (non-hydrogen) atoms. The molecular formula is C14H10ClFN2. The van der Waals surface area contributed by atoms with Crippen LogP contribution in [0.25, 0.3) is 22.4 Å². The molecule has 0 amide bonds. The predicted molar refractivity (Wildman–Crippen MR) is 71.2 cm³/mol. The first-order chi connectivity index (χ1) is 8.65. The van der Waals surface area contributed by atoms with Crippen LogP contribution in [0.1, 0.15) is 5.56 Å². The number of nitrogens with one attached hydrogen (secondary N) is 1. The van der Waals surface area contributed by atoms with Crippen molar-refractivity contribution in [3.05, 3.63) is 52.8 Å². The van der Waals surface area contributed by atoms with Crippen LogP contribution >= 0.6 is 11.6 Å². The van der Waals surface area contributed by atoms with E-state index in [0.29, 0.717) is 21.9 Å². The Morgan fingerprint density at radius 2 is 2.00 bits per heavy atom. The number of aromatic nitrogens is 2. The summed E-state index contributed by atoms with van der Waals surface area (Å²) in [7, 11) is 0. The highest BCUT2D eigenvalue weighted by atomic mass is 35.5. The van der Waals surface area contributed by atoms with Crippen molar-refractivity contribution in [3.8, 4) is 11.4 Å². The minimum Gasteiger partial charge on any atom is -0.338 e. The van der Waals surface area contributed by atoms with E-state index in [1.165, 1.54) is 6.07 Å². The van der Waals surface area contributed by atoms with E-state index in [0.717, 1.165) is 11.1 Å². The maximum absolute atomic E-state index is 13.7. The summed E-state index contributed by atoms with van der Waals surface area (Å²) in [5, 5.41) is 0.573. The van der Waals surface area contributed by atoms with Crippen LogP contribution in [0.4, 0.5) is 4.39 Å². The van der Waals surface area contributed by atoms with Gasteiger partial charge in [-0.1, -0.05) is 23.7 Å². The summed E-state index contributed by atoms with van der Waals surface area (Å²) in [4.78, 5) is 7.46. The van der Waals surface area contributed by atoms with Gasteiger partial charge in [-0.25, -0.2) is 9.37 Å². The normalized spacial score (nSPS) is 11.1. The summed E-state index contributed by atoms with van der Waals surface area (Å²) in [5.41, 5.74) is 2.97. The zero-order valence-electron chi connectivity index (χ0n) is 9.67. The van der Waals surface area contributed by atoms with Gasteiger partial charge in [-0.05, 0) is 36.8 Å². The minimum atomic E-state index is -0.301. The van der Waals surface area contributed by atoms with Crippen molar-refractivity contribution in [1.29, 1.82) is 0 Å². The molecule has 0 atom stereocenters. The van der Waals surface area contributed by atoms with E-state index in [1.54, 1.807) is 18.2 Å². The van der Waals surface area contributed by atoms with Gasteiger partial charge < -0.3 is 4.98 Å². The lowest BCUT2D eigenvalue weighted by Gasteiger charge is -1.96. The zero-order valence-corrected chi connectivity index (χ0v) is 10.4. The number of hydrogen-bond acceptors (Lipinski definition) is 1. The molecule has 3 aromatic rings. The van der Waals surface area contributed by atoms with Gasteiger partial charge in [0.1, 0.15) is 17.2 Å². The molecule has 1 aromatic heterocycles. The number of aromatic amines is 1. The van der Waals surface area contributed by atoms with Crippen molar-refractivity contribution in [1.82, 2.24) is 9.97 Å². The Bertz CT molecular complexity index is 734. The quantitative estimate of drug-likeness (QED) is 0.693. The first-order valence-electron chi connectivity index (χ1n) is 5.56. The van der Waals surface area contributed by atoms with Gasteiger partial charge in [0.25, 0.3) is 0 Å². The highest BCUT2D eigenvalue weighted by Crippen LogP contribution is 2.27. The van der Waals surface area contributed by atoms with E-state index in [4.69, 9.17) is 11.6 Å². The van der Waals surface area contributed by atoms with E-state index >= 15 is 0 Å². The second-order valence-electron chi connectivity index (χ2n) is 4.21. The maximum atomic E-state index is 13.7. The SMILES string of the molecule is Cc1cc(Cl)c2nc(-c3ccccc3F)[nH]c2c1. The molecule has 0 fully saturated rings. The van der Waals surface area contributed by atoms with Crippen LogP contribution in [-0.4, -0.2) is 9.97 Å². The van der Waals surface area contributed by atoms with Crippen LogP contribution in [0.2, 0.25) is 5.02 Å². The average molecular weight is 261 g/mol. The summed E-state index contributed by atoms with van der Waals surface area (Å²) >= 11 is 6.13. The Kier molecular flexibility index (Phi) is 2.56. The molecule has 4 heteroatoms. The van der Waals surface area contributed by atoms with Crippen LogP contribution in [-0.2, 0) is 0 Å². The van der Waals surface area contributed by atoms with Crippen molar-refractivity contribution in [2.24, 2.45) is 0 Å². The Hall–Kier alpha value is -1.87. The van der Waals surface area contributed by atoms with Crippen molar-refractivity contribution in [2.45, 2.75) is 6.92 Å². The van der Waals surface area contributed by atoms with Crippen molar-refractivity contribution >= 4 is 22.6 Å². The fourth-order valence-corrected chi connectivity index (χ4v) is 2.31. The molecule has 1 N–H and O–H groups in total. The van der Waals surface area contributed by atoms with Gasteiger partial charge in [-0.3, -0.25) is 0 Å². The van der Waals surface area contributed by atoms with Crippen molar-refractivity contribution in [3.63, 3.8) is 0 Å². The third-order valence-corrected chi connectivity index (χ3v) is 3.10. The Balaban J connectivity index is 2.26. The van der Waals surface area contributed by atoms with E-state index in [1.807, 2.05) is 19.1 Å². The molecular weight excluding hydrogens is 251 g/mol. The smallest absolute Gasteiger partial charge is 0.141 e. The Labute approximate surface area is 108 Å². The predicted octanol–water partition coefficient (Wildman–Crippen LogP) is 4.33. The average Bonchev–Trinajstić information content (AvgIpc) is 2.73. The number of hydrogen-bond donors (Lipinski definition) is 1. The van der Waals surface area contributed by atoms with Crippen LogP contribution in [0.3, 0.4) is 0 Å². The summed E-state index contributed by atoms with van der Waals surface area (Å²) in [6, 6.07) is 10.3. The number of H-pyrrole nitrogens is 1. The first kappa shape index (κ1) is 11.2. The van der Waals surface area contributed by atoms with Crippen LogP contribution in [0.15, 0.2) is 36.4 Å². The van der Waals surface area contributed by atoms with Gasteiger partial charge >= 0.3 is 0 Å². The molecule has 0 radical (unpaired) electrons. The second kappa shape index (κ2) is 4.10. The molecule has 0 unspecified atom stereocenters. The third-order valence-electron chi connectivity index (χ3n) is 2.81. The highest BCUT2D eigenvalue weighted by molar-refractivity contribution is 6.35. The third kappa shape index (κ3) is 1.77. The largest absolute Gasteiger partial charge is 0.338 e. The van der Waals surface area contributed by atoms with Crippen molar-refractivity contribution in [2.75, 3.05) is 0 Å². The zero-order chi connectivity index (χ0) is 12.7. The summed E-state index contributed by atoms with van der Waals surface area (Å²) in [5.74, 6) is 0.194. The van der Waals surface area contributed by atoms with E-state index in [2.05, 4.69) is 9.97 Å². The number of nitrogens with zero attached hydrogens (tertiary/aromatic N) is 1. The first-order valence-corrected chi connectivity index (χ1v) is 5.94. The molecule has 0 aliphatic rings. The monoisotopic (exact) mass is 260 g/mol. The number of fused-ring (bicyclic) bond motifs is 1. The molecule has 90 valence electrons. The molecule has 0 aliphatic carbocycles. The Morgan fingerprint density at radius 1 is 1.22 bits per heavy atom. The molecule has 0 spiro atoms. The maximum Gasteiger partial charge on any atom is 0.141 e. The molecule has 2 aromatic carbocycles. The molecule has 3 rings (SSSR count). The molecule has 0 aliphatic heterocycles.